The van der Waals surface area contributed by atoms with E-state index in [-0.39, 0.29) is 11.7 Å². The van der Waals surface area contributed by atoms with Gasteiger partial charge in [0.15, 0.2) is 0 Å². The predicted octanol–water partition coefficient (Wildman–Crippen LogP) is 3.41. The third-order valence-corrected chi connectivity index (χ3v) is 3.63. The van der Waals surface area contributed by atoms with E-state index in [9.17, 15) is 9.18 Å². The van der Waals surface area contributed by atoms with Gasteiger partial charge in [-0.3, -0.25) is 4.79 Å². The van der Waals surface area contributed by atoms with E-state index in [4.69, 9.17) is 4.52 Å². The summed E-state index contributed by atoms with van der Waals surface area (Å²) in [5.74, 6) is 1.08. The fourth-order valence-corrected chi connectivity index (χ4v) is 2.57. The van der Waals surface area contributed by atoms with Crippen LogP contribution in [0, 0.1) is 12.7 Å². The van der Waals surface area contributed by atoms with Crippen LogP contribution in [0.2, 0.25) is 0 Å². The molecule has 1 aromatic heterocycles. The van der Waals surface area contributed by atoms with Crippen LogP contribution in [0.1, 0.15) is 43.1 Å². The van der Waals surface area contributed by atoms with Crippen LogP contribution in [0.3, 0.4) is 0 Å². The van der Waals surface area contributed by atoms with Crippen LogP contribution >= 0.6 is 0 Å². The monoisotopic (exact) mass is 274 g/mol. The molecular weight excluding hydrogens is 259 g/mol. The molecule has 2 aromatic rings. The second kappa shape index (κ2) is 5.15. The van der Waals surface area contributed by atoms with Gasteiger partial charge in [0.25, 0.3) is 0 Å². The van der Waals surface area contributed by atoms with Crippen LogP contribution in [-0.4, -0.2) is 15.9 Å². The summed E-state index contributed by atoms with van der Waals surface area (Å²) in [6.45, 7) is 1.82. The third kappa shape index (κ3) is 2.61. The molecule has 5 heteroatoms. The molecule has 0 unspecified atom stereocenters. The van der Waals surface area contributed by atoms with Crippen molar-refractivity contribution in [3.63, 3.8) is 0 Å². The first-order chi connectivity index (χ1) is 9.61. The molecular formula is C15H15FN2O2. The van der Waals surface area contributed by atoms with E-state index in [2.05, 4.69) is 10.1 Å². The summed E-state index contributed by atoms with van der Waals surface area (Å²) < 4.78 is 18.7. The van der Waals surface area contributed by atoms with E-state index in [0.29, 0.717) is 35.9 Å². The number of halogens is 1. The third-order valence-electron chi connectivity index (χ3n) is 3.63. The van der Waals surface area contributed by atoms with Gasteiger partial charge in [-0.2, -0.15) is 4.98 Å². The molecule has 0 atom stereocenters. The number of hydrogen-bond acceptors (Lipinski definition) is 4. The Kier molecular flexibility index (Phi) is 3.34. The highest BCUT2D eigenvalue weighted by molar-refractivity contribution is 5.79. The fraction of sp³-hybridized carbons (Fsp3) is 0.400. The zero-order chi connectivity index (χ0) is 14.1. The molecule has 0 spiro atoms. The number of nitrogens with zero attached hydrogens (tertiary/aromatic N) is 2. The topological polar surface area (TPSA) is 56.0 Å². The molecule has 1 fully saturated rings. The van der Waals surface area contributed by atoms with Gasteiger partial charge >= 0.3 is 0 Å². The van der Waals surface area contributed by atoms with E-state index in [1.54, 1.807) is 0 Å². The van der Waals surface area contributed by atoms with Crippen molar-refractivity contribution < 1.29 is 13.7 Å². The van der Waals surface area contributed by atoms with Gasteiger partial charge < -0.3 is 4.52 Å². The Morgan fingerprint density at radius 3 is 2.70 bits per heavy atom. The maximum Gasteiger partial charge on any atom is 0.230 e. The van der Waals surface area contributed by atoms with Crippen molar-refractivity contribution in [2.45, 2.75) is 38.5 Å². The van der Waals surface area contributed by atoms with Crippen LogP contribution in [0.5, 0.6) is 0 Å². The lowest BCUT2D eigenvalue weighted by atomic mass is 9.88. The van der Waals surface area contributed by atoms with Crippen LogP contribution < -0.4 is 0 Å². The molecule has 0 radical (unpaired) electrons. The molecule has 20 heavy (non-hydrogen) atoms. The molecule has 0 aliphatic heterocycles. The molecule has 4 nitrogen and oxygen atoms in total. The normalized spacial score (nSPS) is 16.6. The number of aromatic nitrogens is 2. The molecule has 1 aromatic carbocycles. The number of ketones is 1. The van der Waals surface area contributed by atoms with Gasteiger partial charge in [-0.1, -0.05) is 5.16 Å². The summed E-state index contributed by atoms with van der Waals surface area (Å²) in [6.07, 6.45) is 2.65. The first kappa shape index (κ1) is 13.0. The Hall–Kier alpha value is -2.04. The van der Waals surface area contributed by atoms with Crippen LogP contribution in [-0.2, 0) is 4.79 Å². The molecule has 0 amide bonds. The standard InChI is InChI=1S/C15H15FN2O2/c1-9-6-11(8-12(16)7-9)14-17-15(20-18-14)10-2-4-13(19)5-3-10/h6-8,10H,2-5H2,1H3. The van der Waals surface area contributed by atoms with Crippen LogP contribution in [0.15, 0.2) is 22.7 Å². The number of hydrogen-bond donors (Lipinski definition) is 0. The Labute approximate surface area is 116 Å². The Bertz CT molecular complexity index is 621. The summed E-state index contributed by atoms with van der Waals surface area (Å²) >= 11 is 0. The van der Waals surface area contributed by atoms with Crippen LogP contribution in [0.4, 0.5) is 4.39 Å². The predicted molar refractivity (Wildman–Crippen MR) is 70.6 cm³/mol. The first-order valence-electron chi connectivity index (χ1n) is 6.74. The number of carbonyl (C=O) groups is 1. The van der Waals surface area contributed by atoms with Gasteiger partial charge in [-0.15, -0.1) is 0 Å². The smallest absolute Gasteiger partial charge is 0.230 e. The number of Topliss-reactive ketones (excluding diaryl/α,β-unsaturated/α-hetero) is 1. The molecule has 1 heterocycles. The number of benzene rings is 1. The highest BCUT2D eigenvalue weighted by atomic mass is 19.1. The first-order valence-corrected chi connectivity index (χ1v) is 6.74. The molecule has 3 rings (SSSR count). The van der Waals surface area contributed by atoms with E-state index in [1.807, 2.05) is 13.0 Å². The van der Waals surface area contributed by atoms with Gasteiger partial charge in [0, 0.05) is 24.3 Å². The summed E-state index contributed by atoms with van der Waals surface area (Å²) in [7, 11) is 0. The van der Waals surface area contributed by atoms with Crippen molar-refractivity contribution in [1.82, 2.24) is 10.1 Å². The largest absolute Gasteiger partial charge is 0.339 e. The zero-order valence-corrected chi connectivity index (χ0v) is 11.2. The van der Waals surface area contributed by atoms with E-state index in [1.165, 1.54) is 12.1 Å². The molecule has 1 saturated carbocycles. The van der Waals surface area contributed by atoms with Crippen molar-refractivity contribution in [3.05, 3.63) is 35.5 Å². The summed E-state index contributed by atoms with van der Waals surface area (Å²) in [5, 5.41) is 3.93. The van der Waals surface area contributed by atoms with Crippen molar-refractivity contribution in [2.75, 3.05) is 0 Å². The van der Waals surface area contributed by atoms with Gasteiger partial charge in [0.05, 0.1) is 0 Å². The maximum atomic E-state index is 13.4. The SMILES string of the molecule is Cc1cc(F)cc(-c2noc(C3CCC(=O)CC3)n2)c1. The lowest BCUT2D eigenvalue weighted by molar-refractivity contribution is -0.120. The second-order valence-corrected chi connectivity index (χ2v) is 5.29. The van der Waals surface area contributed by atoms with Crippen molar-refractivity contribution in [1.29, 1.82) is 0 Å². The Morgan fingerprint density at radius 1 is 1.25 bits per heavy atom. The number of rotatable bonds is 2. The average Bonchev–Trinajstić information content (AvgIpc) is 2.88. The quantitative estimate of drug-likeness (QED) is 0.842. The molecule has 0 bridgehead atoms. The highest BCUT2D eigenvalue weighted by Gasteiger charge is 2.25. The molecule has 0 N–H and O–H groups in total. The van der Waals surface area contributed by atoms with Gasteiger partial charge in [-0.05, 0) is 43.5 Å². The van der Waals surface area contributed by atoms with Gasteiger partial charge in [0.1, 0.15) is 11.6 Å². The zero-order valence-electron chi connectivity index (χ0n) is 11.2. The minimum Gasteiger partial charge on any atom is -0.339 e. The van der Waals surface area contributed by atoms with Crippen molar-refractivity contribution >= 4 is 5.78 Å². The summed E-state index contributed by atoms with van der Waals surface area (Å²) in [5.41, 5.74) is 1.43. The van der Waals surface area contributed by atoms with E-state index in [0.717, 1.165) is 18.4 Å². The van der Waals surface area contributed by atoms with Crippen molar-refractivity contribution in [3.8, 4) is 11.4 Å². The fourth-order valence-electron chi connectivity index (χ4n) is 2.57. The lowest BCUT2D eigenvalue weighted by Crippen LogP contribution is -2.12. The summed E-state index contributed by atoms with van der Waals surface area (Å²) in [6, 6.07) is 4.67. The minimum atomic E-state index is -0.311. The van der Waals surface area contributed by atoms with Crippen molar-refractivity contribution in [2.24, 2.45) is 0 Å². The Balaban J connectivity index is 1.84. The lowest BCUT2D eigenvalue weighted by Gasteiger charge is -2.16. The second-order valence-electron chi connectivity index (χ2n) is 5.29. The van der Waals surface area contributed by atoms with E-state index < -0.39 is 0 Å². The summed E-state index contributed by atoms with van der Waals surface area (Å²) in [4.78, 5) is 15.6. The Morgan fingerprint density at radius 2 is 2.00 bits per heavy atom. The van der Waals surface area contributed by atoms with Gasteiger partial charge in [0.2, 0.25) is 11.7 Å². The molecule has 1 aliphatic carbocycles. The molecule has 104 valence electrons. The minimum absolute atomic E-state index is 0.142. The average molecular weight is 274 g/mol. The maximum absolute atomic E-state index is 13.4. The molecule has 1 aliphatic rings. The number of carbonyl (C=O) groups excluding carboxylic acids is 1. The van der Waals surface area contributed by atoms with Crippen LogP contribution in [0.25, 0.3) is 11.4 Å². The highest BCUT2D eigenvalue weighted by Crippen LogP contribution is 2.31. The molecule has 0 saturated heterocycles. The van der Waals surface area contributed by atoms with E-state index >= 15 is 0 Å². The van der Waals surface area contributed by atoms with Gasteiger partial charge in [-0.25, -0.2) is 4.39 Å². The number of aryl methyl sites for hydroxylation is 1.